The van der Waals surface area contributed by atoms with Crippen LogP contribution in [-0.2, 0) is 22.4 Å². The highest BCUT2D eigenvalue weighted by atomic mass is 16.2. The molecule has 22 heavy (non-hydrogen) atoms. The molecule has 0 aliphatic carbocycles. The lowest BCUT2D eigenvalue weighted by Crippen LogP contribution is -2.15. The second kappa shape index (κ2) is 5.64. The van der Waals surface area contributed by atoms with Crippen molar-refractivity contribution in [2.24, 2.45) is 0 Å². The molecule has 2 aromatic rings. The number of benzene rings is 2. The molecule has 1 aliphatic rings. The number of nitrogens with one attached hydrogen (secondary N) is 2. The van der Waals surface area contributed by atoms with E-state index < -0.39 is 0 Å². The number of hydrogen-bond donors (Lipinski definition) is 2. The fourth-order valence-electron chi connectivity index (χ4n) is 2.73. The van der Waals surface area contributed by atoms with Crippen LogP contribution in [0.4, 0.5) is 11.4 Å². The number of anilines is 2. The number of carbonyl (C=O) groups is 2. The Morgan fingerprint density at radius 2 is 2.00 bits per heavy atom. The Kier molecular flexibility index (Phi) is 3.67. The number of carbonyl (C=O) groups excluding carboxylic acids is 2. The van der Waals surface area contributed by atoms with Gasteiger partial charge in [0.05, 0.1) is 12.8 Å². The minimum atomic E-state index is -0.0517. The third-order valence-electron chi connectivity index (χ3n) is 3.82. The molecule has 112 valence electrons. The van der Waals surface area contributed by atoms with Crippen molar-refractivity contribution >= 4 is 23.2 Å². The number of rotatable bonds is 3. The van der Waals surface area contributed by atoms with Crippen LogP contribution in [0, 0.1) is 13.8 Å². The van der Waals surface area contributed by atoms with Crippen molar-refractivity contribution in [3.63, 3.8) is 0 Å². The molecule has 0 atom stereocenters. The van der Waals surface area contributed by atoms with E-state index in [1.54, 1.807) is 0 Å². The summed E-state index contributed by atoms with van der Waals surface area (Å²) >= 11 is 0. The fourth-order valence-corrected chi connectivity index (χ4v) is 2.73. The molecular formula is C18H18N2O2. The van der Waals surface area contributed by atoms with Crippen LogP contribution >= 0.6 is 0 Å². The SMILES string of the molecule is Cc1ccc(NC(=O)Cc2ccc3c(c2)CC(=O)N3)c(C)c1. The summed E-state index contributed by atoms with van der Waals surface area (Å²) < 4.78 is 0. The van der Waals surface area contributed by atoms with Crippen molar-refractivity contribution < 1.29 is 9.59 Å². The minimum absolute atomic E-state index is 0.00637. The Morgan fingerprint density at radius 1 is 1.18 bits per heavy atom. The van der Waals surface area contributed by atoms with Gasteiger partial charge in [-0.05, 0) is 42.7 Å². The van der Waals surface area contributed by atoms with Crippen LogP contribution in [0.1, 0.15) is 22.3 Å². The first-order chi connectivity index (χ1) is 10.5. The molecule has 4 nitrogen and oxygen atoms in total. The van der Waals surface area contributed by atoms with Crippen LogP contribution < -0.4 is 10.6 Å². The second-order valence-corrected chi connectivity index (χ2v) is 5.76. The molecule has 2 N–H and O–H groups in total. The van der Waals surface area contributed by atoms with Gasteiger partial charge in [-0.3, -0.25) is 9.59 Å². The van der Waals surface area contributed by atoms with E-state index in [0.717, 1.165) is 28.1 Å². The van der Waals surface area contributed by atoms with Crippen molar-refractivity contribution in [1.29, 1.82) is 0 Å². The first-order valence-electron chi connectivity index (χ1n) is 7.30. The van der Waals surface area contributed by atoms with Crippen molar-refractivity contribution in [3.05, 3.63) is 58.7 Å². The second-order valence-electron chi connectivity index (χ2n) is 5.76. The smallest absolute Gasteiger partial charge is 0.228 e. The summed E-state index contributed by atoms with van der Waals surface area (Å²) in [5.74, 6) is -0.0453. The highest BCUT2D eigenvalue weighted by Gasteiger charge is 2.18. The quantitative estimate of drug-likeness (QED) is 0.914. The molecule has 0 saturated heterocycles. The van der Waals surface area contributed by atoms with E-state index in [-0.39, 0.29) is 11.8 Å². The van der Waals surface area contributed by atoms with E-state index in [9.17, 15) is 9.59 Å². The average molecular weight is 294 g/mol. The van der Waals surface area contributed by atoms with Crippen LogP contribution in [0.5, 0.6) is 0 Å². The van der Waals surface area contributed by atoms with E-state index in [2.05, 4.69) is 10.6 Å². The van der Waals surface area contributed by atoms with E-state index in [4.69, 9.17) is 0 Å². The summed E-state index contributed by atoms with van der Waals surface area (Å²) in [5, 5.41) is 5.73. The molecule has 4 heteroatoms. The molecule has 2 amide bonds. The minimum Gasteiger partial charge on any atom is -0.326 e. The number of amides is 2. The predicted molar refractivity (Wildman–Crippen MR) is 87.0 cm³/mol. The van der Waals surface area contributed by atoms with Gasteiger partial charge in [0.1, 0.15) is 0 Å². The van der Waals surface area contributed by atoms with E-state index in [1.165, 1.54) is 5.56 Å². The Hall–Kier alpha value is -2.62. The van der Waals surface area contributed by atoms with Crippen LogP contribution in [0.3, 0.4) is 0 Å². The lowest BCUT2D eigenvalue weighted by atomic mass is 10.1. The maximum Gasteiger partial charge on any atom is 0.228 e. The Morgan fingerprint density at radius 3 is 2.77 bits per heavy atom. The molecular weight excluding hydrogens is 276 g/mol. The molecule has 0 fully saturated rings. The van der Waals surface area contributed by atoms with Gasteiger partial charge in [0.15, 0.2) is 0 Å². The molecule has 0 spiro atoms. The highest BCUT2D eigenvalue weighted by Crippen LogP contribution is 2.24. The van der Waals surface area contributed by atoms with E-state index in [1.807, 2.05) is 50.2 Å². The summed E-state index contributed by atoms with van der Waals surface area (Å²) in [7, 11) is 0. The van der Waals surface area contributed by atoms with Crippen LogP contribution in [0.15, 0.2) is 36.4 Å². The maximum absolute atomic E-state index is 12.2. The van der Waals surface area contributed by atoms with Gasteiger partial charge in [-0.15, -0.1) is 0 Å². The van der Waals surface area contributed by atoms with Gasteiger partial charge in [-0.1, -0.05) is 29.8 Å². The Balaban J connectivity index is 1.70. The summed E-state index contributed by atoms with van der Waals surface area (Å²) in [5.41, 5.74) is 5.79. The molecule has 0 unspecified atom stereocenters. The normalized spacial score (nSPS) is 12.7. The third kappa shape index (κ3) is 3.01. The summed E-state index contributed by atoms with van der Waals surface area (Å²) in [6.07, 6.45) is 0.691. The highest BCUT2D eigenvalue weighted by molar-refractivity contribution is 5.99. The van der Waals surface area contributed by atoms with Crippen molar-refractivity contribution in [1.82, 2.24) is 0 Å². The molecule has 0 radical (unpaired) electrons. The largest absolute Gasteiger partial charge is 0.326 e. The molecule has 1 heterocycles. The van der Waals surface area contributed by atoms with Gasteiger partial charge in [-0.25, -0.2) is 0 Å². The van der Waals surface area contributed by atoms with Crippen LogP contribution in [0.2, 0.25) is 0 Å². The monoisotopic (exact) mass is 294 g/mol. The van der Waals surface area contributed by atoms with Gasteiger partial charge in [0.25, 0.3) is 0 Å². The summed E-state index contributed by atoms with van der Waals surface area (Å²) in [6.45, 7) is 4.01. The van der Waals surface area contributed by atoms with Gasteiger partial charge in [-0.2, -0.15) is 0 Å². The number of fused-ring (bicyclic) bond motifs is 1. The average Bonchev–Trinajstić information content (AvgIpc) is 2.81. The fraction of sp³-hybridized carbons (Fsp3) is 0.222. The molecule has 3 rings (SSSR count). The van der Waals surface area contributed by atoms with E-state index >= 15 is 0 Å². The van der Waals surface area contributed by atoms with Gasteiger partial charge in [0.2, 0.25) is 11.8 Å². The zero-order valence-electron chi connectivity index (χ0n) is 12.7. The maximum atomic E-state index is 12.2. The van der Waals surface area contributed by atoms with Gasteiger partial charge in [0, 0.05) is 11.4 Å². The van der Waals surface area contributed by atoms with Crippen LogP contribution in [0.25, 0.3) is 0 Å². The first kappa shape index (κ1) is 14.3. The number of aryl methyl sites for hydroxylation is 2. The van der Waals surface area contributed by atoms with Gasteiger partial charge >= 0.3 is 0 Å². The summed E-state index contributed by atoms with van der Waals surface area (Å²) in [4.78, 5) is 23.5. The lowest BCUT2D eigenvalue weighted by molar-refractivity contribution is -0.116. The molecule has 1 aliphatic heterocycles. The zero-order chi connectivity index (χ0) is 15.7. The van der Waals surface area contributed by atoms with Gasteiger partial charge < -0.3 is 10.6 Å². The summed E-state index contributed by atoms with van der Waals surface area (Å²) in [6, 6.07) is 11.6. The lowest BCUT2D eigenvalue weighted by Gasteiger charge is -2.10. The Bertz CT molecular complexity index is 766. The van der Waals surface area contributed by atoms with Crippen LogP contribution in [-0.4, -0.2) is 11.8 Å². The number of hydrogen-bond acceptors (Lipinski definition) is 2. The van der Waals surface area contributed by atoms with Crippen molar-refractivity contribution in [2.45, 2.75) is 26.7 Å². The Labute approximate surface area is 129 Å². The molecule has 0 saturated carbocycles. The molecule has 2 aromatic carbocycles. The van der Waals surface area contributed by atoms with Crippen molar-refractivity contribution in [3.8, 4) is 0 Å². The van der Waals surface area contributed by atoms with Crippen molar-refractivity contribution in [2.75, 3.05) is 10.6 Å². The molecule has 0 bridgehead atoms. The third-order valence-corrected chi connectivity index (χ3v) is 3.82. The standard InChI is InChI=1S/C18H18N2O2/c1-11-3-5-15(12(2)7-11)19-17(21)9-13-4-6-16-14(8-13)10-18(22)20-16/h3-8H,9-10H2,1-2H3,(H,19,21)(H,20,22). The topological polar surface area (TPSA) is 58.2 Å². The van der Waals surface area contributed by atoms with E-state index in [0.29, 0.717) is 12.8 Å². The zero-order valence-corrected chi connectivity index (χ0v) is 12.7. The first-order valence-corrected chi connectivity index (χ1v) is 7.30. The molecule has 0 aromatic heterocycles. The predicted octanol–water partition coefficient (Wildman–Crippen LogP) is 2.98.